The number of pyridine rings is 1. The second-order valence-electron chi connectivity index (χ2n) is 10.0. The predicted octanol–water partition coefficient (Wildman–Crippen LogP) is 6.71. The van der Waals surface area contributed by atoms with Crippen molar-refractivity contribution < 1.29 is 14.1 Å². The van der Waals surface area contributed by atoms with Gasteiger partial charge in [-0.2, -0.15) is 0 Å². The van der Waals surface area contributed by atoms with Crippen LogP contribution in [0.25, 0.3) is 32.9 Å². The Hall–Kier alpha value is -4.23. The summed E-state index contributed by atoms with van der Waals surface area (Å²) in [5, 5.41) is 10.3. The van der Waals surface area contributed by atoms with Crippen molar-refractivity contribution in [2.24, 2.45) is 5.92 Å². The Balaban J connectivity index is 1.20. The molecule has 5 aromatic rings. The molecule has 0 radical (unpaired) electrons. The fourth-order valence-electron chi connectivity index (χ4n) is 6.13. The standard InChI is InChI=1S/C30H23ClN4O3/c31-24-7-3-6-22(17-9-11-27-20(12-17)15-33-38-27)28(24)18-8-10-23-25(13-18)34-30(37)35(29(23)36)26-16-32-14-19-4-1-2-5-21(19)26/h1-7,9,11-12,14-16,18,23,25H,8,10,13H2,(H,34,37). The monoisotopic (exact) mass is 522 g/mol. The summed E-state index contributed by atoms with van der Waals surface area (Å²) in [5.74, 6) is -0.383. The molecule has 2 fully saturated rings. The van der Waals surface area contributed by atoms with E-state index in [0.29, 0.717) is 23.6 Å². The van der Waals surface area contributed by atoms with Gasteiger partial charge in [0.1, 0.15) is 0 Å². The zero-order valence-corrected chi connectivity index (χ0v) is 21.1. The van der Waals surface area contributed by atoms with E-state index < -0.39 is 6.03 Å². The second kappa shape index (κ2) is 8.96. The Morgan fingerprint density at radius 2 is 1.84 bits per heavy atom. The molecular formula is C30H23ClN4O3. The van der Waals surface area contributed by atoms with Gasteiger partial charge in [0.05, 0.1) is 24.0 Å². The third-order valence-corrected chi connectivity index (χ3v) is 8.24. The Labute approximate surface area is 223 Å². The minimum atomic E-state index is -0.410. The molecule has 3 aromatic carbocycles. The van der Waals surface area contributed by atoms with Crippen LogP contribution in [0.3, 0.4) is 0 Å². The van der Waals surface area contributed by atoms with Crippen molar-refractivity contribution in [2.45, 2.75) is 31.2 Å². The molecule has 1 aliphatic heterocycles. The smallest absolute Gasteiger partial charge is 0.329 e. The molecule has 7 nitrogen and oxygen atoms in total. The maximum Gasteiger partial charge on any atom is 0.329 e. The number of fused-ring (bicyclic) bond motifs is 3. The molecule has 8 heteroatoms. The van der Waals surface area contributed by atoms with Crippen LogP contribution in [0.15, 0.2) is 83.8 Å². The van der Waals surface area contributed by atoms with Crippen LogP contribution >= 0.6 is 11.6 Å². The molecule has 1 N–H and O–H groups in total. The van der Waals surface area contributed by atoms with Crippen LogP contribution < -0.4 is 10.2 Å². The zero-order chi connectivity index (χ0) is 25.8. The quantitative estimate of drug-likeness (QED) is 0.284. The van der Waals surface area contributed by atoms with Crippen LogP contribution in [0.1, 0.15) is 30.7 Å². The second-order valence-corrected chi connectivity index (χ2v) is 10.4. The highest BCUT2D eigenvalue weighted by atomic mass is 35.5. The number of rotatable bonds is 3. The first-order valence-corrected chi connectivity index (χ1v) is 13.1. The Bertz CT molecular complexity index is 1730. The SMILES string of the molecule is O=C1NC2CC(c3c(Cl)cccc3-c3ccc4oncc4c3)CCC2C(=O)N1c1cncc2ccccc12. The van der Waals surface area contributed by atoms with E-state index in [1.54, 1.807) is 18.6 Å². The minimum absolute atomic E-state index is 0.0944. The van der Waals surface area contributed by atoms with E-state index in [4.69, 9.17) is 16.1 Å². The lowest BCUT2D eigenvalue weighted by Crippen LogP contribution is -2.61. The van der Waals surface area contributed by atoms with E-state index in [9.17, 15) is 9.59 Å². The normalized spacial score (nSPS) is 21.5. The number of carbonyl (C=O) groups excluding carboxylic acids is 2. The molecule has 38 heavy (non-hydrogen) atoms. The average molecular weight is 523 g/mol. The largest absolute Gasteiger partial charge is 0.356 e. The lowest BCUT2D eigenvalue weighted by Gasteiger charge is -2.43. The molecule has 3 atom stereocenters. The highest BCUT2D eigenvalue weighted by Gasteiger charge is 2.46. The third kappa shape index (κ3) is 3.65. The maximum atomic E-state index is 13.7. The number of amides is 3. The molecular weight excluding hydrogens is 500 g/mol. The van der Waals surface area contributed by atoms with Gasteiger partial charge in [-0.05, 0) is 60.1 Å². The average Bonchev–Trinajstić information content (AvgIpc) is 3.41. The van der Waals surface area contributed by atoms with Gasteiger partial charge in [-0.1, -0.05) is 59.2 Å². The van der Waals surface area contributed by atoms with Crippen molar-refractivity contribution >= 4 is 51.0 Å². The number of carbonyl (C=O) groups is 2. The lowest BCUT2D eigenvalue weighted by molar-refractivity contribution is -0.124. The fourth-order valence-corrected chi connectivity index (χ4v) is 6.46. The van der Waals surface area contributed by atoms with Gasteiger partial charge >= 0.3 is 6.03 Å². The molecule has 2 aromatic heterocycles. The van der Waals surface area contributed by atoms with Gasteiger partial charge in [0.15, 0.2) is 5.58 Å². The van der Waals surface area contributed by atoms with Crippen LogP contribution in [-0.4, -0.2) is 28.1 Å². The highest BCUT2D eigenvalue weighted by Crippen LogP contribution is 2.45. The maximum absolute atomic E-state index is 13.7. The van der Waals surface area contributed by atoms with Gasteiger partial charge in [-0.25, -0.2) is 9.69 Å². The number of nitrogens with zero attached hydrogens (tertiary/aromatic N) is 3. The Morgan fingerprint density at radius 1 is 0.947 bits per heavy atom. The number of halogens is 1. The molecule has 0 bridgehead atoms. The van der Waals surface area contributed by atoms with E-state index in [0.717, 1.165) is 44.9 Å². The summed E-state index contributed by atoms with van der Waals surface area (Å²) in [6, 6.07) is 18.9. The summed E-state index contributed by atoms with van der Waals surface area (Å²) in [5.41, 5.74) is 4.36. The molecule has 3 unspecified atom stereocenters. The molecule has 188 valence electrons. The Kier molecular flexibility index (Phi) is 5.40. The van der Waals surface area contributed by atoms with E-state index in [1.807, 2.05) is 48.5 Å². The van der Waals surface area contributed by atoms with E-state index in [-0.39, 0.29) is 23.8 Å². The number of urea groups is 1. The van der Waals surface area contributed by atoms with Gasteiger partial charge < -0.3 is 9.84 Å². The van der Waals surface area contributed by atoms with Gasteiger partial charge in [0, 0.05) is 33.4 Å². The highest BCUT2D eigenvalue weighted by molar-refractivity contribution is 6.32. The summed E-state index contributed by atoms with van der Waals surface area (Å²) in [4.78, 5) is 32.6. The molecule has 7 rings (SSSR count). The third-order valence-electron chi connectivity index (χ3n) is 7.91. The molecule has 3 amide bonds. The first kappa shape index (κ1) is 22.9. The predicted molar refractivity (Wildman–Crippen MR) is 146 cm³/mol. The number of aromatic nitrogens is 2. The number of hydrogen-bond acceptors (Lipinski definition) is 5. The summed E-state index contributed by atoms with van der Waals surface area (Å²) in [6.45, 7) is 0. The van der Waals surface area contributed by atoms with Crippen molar-refractivity contribution in [3.05, 3.63) is 89.8 Å². The van der Waals surface area contributed by atoms with Crippen molar-refractivity contribution in [3.63, 3.8) is 0 Å². The summed E-state index contributed by atoms with van der Waals surface area (Å²) >= 11 is 6.80. The van der Waals surface area contributed by atoms with Crippen LogP contribution in [0.4, 0.5) is 10.5 Å². The van der Waals surface area contributed by atoms with Crippen molar-refractivity contribution in [1.29, 1.82) is 0 Å². The van der Waals surface area contributed by atoms with Crippen LogP contribution in [0.5, 0.6) is 0 Å². The first-order chi connectivity index (χ1) is 18.6. The zero-order valence-electron chi connectivity index (χ0n) is 20.3. The van der Waals surface area contributed by atoms with E-state index in [2.05, 4.69) is 27.6 Å². The minimum Gasteiger partial charge on any atom is -0.356 e. The van der Waals surface area contributed by atoms with E-state index >= 15 is 0 Å². The lowest BCUT2D eigenvalue weighted by atomic mass is 9.72. The van der Waals surface area contributed by atoms with Crippen molar-refractivity contribution in [2.75, 3.05) is 4.90 Å². The van der Waals surface area contributed by atoms with Crippen LogP contribution in [0, 0.1) is 5.92 Å². The topological polar surface area (TPSA) is 88.3 Å². The van der Waals surface area contributed by atoms with Gasteiger partial charge in [0.2, 0.25) is 5.91 Å². The van der Waals surface area contributed by atoms with Crippen molar-refractivity contribution in [1.82, 2.24) is 15.5 Å². The number of imide groups is 1. The summed E-state index contributed by atoms with van der Waals surface area (Å²) in [7, 11) is 0. The molecule has 3 heterocycles. The molecule has 1 saturated carbocycles. The fraction of sp³-hybridized carbons (Fsp3) is 0.200. The molecule has 1 aliphatic carbocycles. The van der Waals surface area contributed by atoms with Gasteiger partial charge in [0.25, 0.3) is 0 Å². The number of benzene rings is 3. The number of hydrogen-bond donors (Lipinski definition) is 1. The Morgan fingerprint density at radius 3 is 2.76 bits per heavy atom. The van der Waals surface area contributed by atoms with Gasteiger partial charge in [-0.3, -0.25) is 9.78 Å². The summed E-state index contributed by atoms with van der Waals surface area (Å²) in [6.07, 6.45) is 7.11. The van der Waals surface area contributed by atoms with Crippen LogP contribution in [-0.2, 0) is 4.79 Å². The molecule has 0 spiro atoms. The van der Waals surface area contributed by atoms with E-state index in [1.165, 1.54) is 4.90 Å². The summed E-state index contributed by atoms with van der Waals surface area (Å²) < 4.78 is 5.27. The van der Waals surface area contributed by atoms with Crippen molar-refractivity contribution in [3.8, 4) is 11.1 Å². The first-order valence-electron chi connectivity index (χ1n) is 12.7. The van der Waals surface area contributed by atoms with Crippen LogP contribution in [0.2, 0.25) is 5.02 Å². The molecule has 2 aliphatic rings. The number of nitrogens with one attached hydrogen (secondary N) is 1. The number of anilines is 1. The molecule has 1 saturated heterocycles. The van der Waals surface area contributed by atoms with Gasteiger partial charge in [-0.15, -0.1) is 0 Å².